The van der Waals surface area contributed by atoms with E-state index in [2.05, 4.69) is 38.6 Å². The average molecular weight is 306 g/mol. The molecule has 4 rings (SSSR count). The van der Waals surface area contributed by atoms with E-state index in [1.54, 1.807) is 12.1 Å². The maximum atomic E-state index is 9.97. The van der Waals surface area contributed by atoms with Crippen LogP contribution in [0.15, 0.2) is 48.5 Å². The summed E-state index contributed by atoms with van der Waals surface area (Å²) in [4.78, 5) is 2.36. The number of phenolic OH excluding ortho intramolecular Hbond substituents is 1. The molecule has 5 heteroatoms. The van der Waals surface area contributed by atoms with Crippen molar-refractivity contribution in [2.24, 2.45) is 0 Å². The highest BCUT2D eigenvalue weighted by atomic mass is 16.3. The molecule has 2 aromatic carbocycles. The van der Waals surface area contributed by atoms with Crippen molar-refractivity contribution in [2.75, 3.05) is 31.1 Å². The van der Waals surface area contributed by atoms with Crippen molar-refractivity contribution in [1.82, 2.24) is 15.5 Å². The number of fused-ring (bicyclic) bond motifs is 1. The third-order valence-corrected chi connectivity index (χ3v) is 4.23. The van der Waals surface area contributed by atoms with Crippen molar-refractivity contribution in [3.63, 3.8) is 0 Å². The zero-order valence-corrected chi connectivity index (χ0v) is 12.7. The van der Waals surface area contributed by atoms with Crippen LogP contribution in [0.3, 0.4) is 0 Å². The molecule has 1 fully saturated rings. The van der Waals surface area contributed by atoms with Crippen LogP contribution in [0.4, 0.5) is 5.69 Å². The minimum Gasteiger partial charge on any atom is -0.507 e. The number of hydrogen-bond donors (Lipinski definition) is 2. The molecule has 0 atom stereocenters. The molecule has 0 spiro atoms. The Kier molecular flexibility index (Phi) is 3.55. The molecular weight excluding hydrogens is 288 g/mol. The van der Waals surface area contributed by atoms with E-state index >= 15 is 0 Å². The average Bonchev–Trinajstić information content (AvgIpc) is 2.62. The SMILES string of the molecule is Oc1ccccc1-c1cc2ccc(N3CCNCC3)cc2nn1. The van der Waals surface area contributed by atoms with Crippen molar-refractivity contribution in [3.05, 3.63) is 48.5 Å². The normalized spacial score (nSPS) is 15.0. The molecule has 1 aromatic heterocycles. The maximum Gasteiger partial charge on any atom is 0.125 e. The number of anilines is 1. The second-order valence-electron chi connectivity index (χ2n) is 5.73. The summed E-state index contributed by atoms with van der Waals surface area (Å²) < 4.78 is 0. The van der Waals surface area contributed by atoms with Crippen molar-refractivity contribution in [3.8, 4) is 17.0 Å². The van der Waals surface area contributed by atoms with Crippen LogP contribution in [-0.4, -0.2) is 41.5 Å². The van der Waals surface area contributed by atoms with Crippen LogP contribution in [0.1, 0.15) is 0 Å². The van der Waals surface area contributed by atoms with E-state index in [1.165, 1.54) is 5.69 Å². The number of aromatic hydroxyl groups is 1. The van der Waals surface area contributed by atoms with Gasteiger partial charge in [-0.15, -0.1) is 10.2 Å². The van der Waals surface area contributed by atoms with Gasteiger partial charge in [0.2, 0.25) is 0 Å². The van der Waals surface area contributed by atoms with Crippen LogP contribution in [0, 0.1) is 0 Å². The molecule has 5 nitrogen and oxygen atoms in total. The van der Waals surface area contributed by atoms with Gasteiger partial charge in [0.05, 0.1) is 11.2 Å². The number of aromatic nitrogens is 2. The Morgan fingerprint density at radius 3 is 2.61 bits per heavy atom. The molecule has 2 heterocycles. The van der Waals surface area contributed by atoms with Crippen molar-refractivity contribution < 1.29 is 5.11 Å². The van der Waals surface area contributed by atoms with Crippen LogP contribution in [0.5, 0.6) is 5.75 Å². The molecule has 23 heavy (non-hydrogen) atoms. The van der Waals surface area contributed by atoms with E-state index in [-0.39, 0.29) is 5.75 Å². The number of piperazine rings is 1. The fourth-order valence-corrected chi connectivity index (χ4v) is 2.97. The third-order valence-electron chi connectivity index (χ3n) is 4.23. The fourth-order valence-electron chi connectivity index (χ4n) is 2.97. The van der Waals surface area contributed by atoms with E-state index < -0.39 is 0 Å². The van der Waals surface area contributed by atoms with Crippen molar-refractivity contribution in [2.45, 2.75) is 0 Å². The maximum absolute atomic E-state index is 9.97. The van der Waals surface area contributed by atoms with Gasteiger partial charge in [0.1, 0.15) is 5.75 Å². The fraction of sp³-hybridized carbons (Fsp3) is 0.222. The first-order valence-corrected chi connectivity index (χ1v) is 7.83. The van der Waals surface area contributed by atoms with Crippen LogP contribution in [-0.2, 0) is 0 Å². The zero-order chi connectivity index (χ0) is 15.6. The lowest BCUT2D eigenvalue weighted by Crippen LogP contribution is -2.43. The third kappa shape index (κ3) is 2.71. The molecule has 0 aliphatic carbocycles. The first-order chi connectivity index (χ1) is 11.3. The summed E-state index contributed by atoms with van der Waals surface area (Å²) in [5, 5.41) is 23.0. The number of benzene rings is 2. The quantitative estimate of drug-likeness (QED) is 0.761. The Hall–Kier alpha value is -2.66. The van der Waals surface area contributed by atoms with Gasteiger partial charge in [-0.2, -0.15) is 0 Å². The summed E-state index contributed by atoms with van der Waals surface area (Å²) in [7, 11) is 0. The number of nitrogens with zero attached hydrogens (tertiary/aromatic N) is 3. The van der Waals surface area contributed by atoms with Gasteiger partial charge < -0.3 is 15.3 Å². The van der Waals surface area contributed by atoms with Crippen LogP contribution < -0.4 is 10.2 Å². The molecule has 1 aliphatic rings. The van der Waals surface area contributed by atoms with Gasteiger partial charge >= 0.3 is 0 Å². The van der Waals surface area contributed by atoms with E-state index in [4.69, 9.17) is 0 Å². The summed E-state index contributed by atoms with van der Waals surface area (Å²) >= 11 is 0. The van der Waals surface area contributed by atoms with Crippen molar-refractivity contribution >= 4 is 16.6 Å². The summed E-state index contributed by atoms with van der Waals surface area (Å²) in [6.07, 6.45) is 0. The summed E-state index contributed by atoms with van der Waals surface area (Å²) in [6, 6.07) is 15.5. The Labute approximate surface area is 134 Å². The Morgan fingerprint density at radius 1 is 0.957 bits per heavy atom. The second-order valence-corrected chi connectivity index (χ2v) is 5.73. The topological polar surface area (TPSA) is 61.3 Å². The number of hydrogen-bond acceptors (Lipinski definition) is 5. The molecular formula is C18H18N4O. The van der Waals surface area contributed by atoms with Crippen LogP contribution in [0.25, 0.3) is 22.2 Å². The number of rotatable bonds is 2. The predicted octanol–water partition coefficient (Wildman–Crippen LogP) is 2.41. The second kappa shape index (κ2) is 5.85. The largest absolute Gasteiger partial charge is 0.507 e. The van der Waals surface area contributed by atoms with E-state index in [0.717, 1.165) is 37.1 Å². The standard InChI is InChI=1S/C18H18N4O/c23-18-4-2-1-3-15(18)17-11-13-5-6-14(12-16(13)20-21-17)22-9-7-19-8-10-22/h1-6,11-12,19,23H,7-10H2. The Morgan fingerprint density at radius 2 is 1.78 bits per heavy atom. The predicted molar refractivity (Wildman–Crippen MR) is 91.7 cm³/mol. The van der Waals surface area contributed by atoms with E-state index in [1.807, 2.05) is 18.2 Å². The molecule has 0 saturated carbocycles. The van der Waals surface area contributed by atoms with Gasteiger partial charge in [-0.3, -0.25) is 0 Å². The first kappa shape index (κ1) is 14.0. The molecule has 0 bridgehead atoms. The molecule has 116 valence electrons. The molecule has 0 unspecified atom stereocenters. The lowest BCUT2D eigenvalue weighted by Gasteiger charge is -2.29. The molecule has 2 N–H and O–H groups in total. The molecule has 3 aromatic rings. The van der Waals surface area contributed by atoms with Gasteiger partial charge in [-0.1, -0.05) is 18.2 Å². The lowest BCUT2D eigenvalue weighted by molar-refractivity contribution is 0.477. The minimum absolute atomic E-state index is 0.221. The van der Waals surface area contributed by atoms with Crippen LogP contribution in [0.2, 0.25) is 0 Å². The Balaban J connectivity index is 1.72. The zero-order valence-electron chi connectivity index (χ0n) is 12.7. The monoisotopic (exact) mass is 306 g/mol. The first-order valence-electron chi connectivity index (χ1n) is 7.83. The molecule has 0 radical (unpaired) electrons. The van der Waals surface area contributed by atoms with Crippen LogP contribution >= 0.6 is 0 Å². The summed E-state index contributed by atoms with van der Waals surface area (Å²) in [5.74, 6) is 0.221. The smallest absolute Gasteiger partial charge is 0.125 e. The Bertz CT molecular complexity index is 843. The van der Waals surface area contributed by atoms with Gasteiger partial charge in [0.15, 0.2) is 0 Å². The lowest BCUT2D eigenvalue weighted by atomic mass is 10.1. The molecule has 0 amide bonds. The van der Waals surface area contributed by atoms with Gasteiger partial charge in [-0.05, 0) is 30.3 Å². The highest BCUT2D eigenvalue weighted by Crippen LogP contribution is 2.29. The van der Waals surface area contributed by atoms with Gasteiger partial charge in [0, 0.05) is 42.8 Å². The number of phenols is 1. The summed E-state index contributed by atoms with van der Waals surface area (Å²) in [6.45, 7) is 4.04. The van der Waals surface area contributed by atoms with E-state index in [9.17, 15) is 5.11 Å². The number of para-hydroxylation sites is 1. The van der Waals surface area contributed by atoms with Gasteiger partial charge in [-0.25, -0.2) is 0 Å². The van der Waals surface area contributed by atoms with Gasteiger partial charge in [0.25, 0.3) is 0 Å². The highest BCUT2D eigenvalue weighted by molar-refractivity contribution is 5.85. The van der Waals surface area contributed by atoms with Crippen molar-refractivity contribution in [1.29, 1.82) is 0 Å². The number of nitrogens with one attached hydrogen (secondary N) is 1. The minimum atomic E-state index is 0.221. The molecule has 1 aliphatic heterocycles. The summed E-state index contributed by atoms with van der Waals surface area (Å²) in [5.41, 5.74) is 3.45. The van der Waals surface area contributed by atoms with E-state index in [0.29, 0.717) is 11.3 Å². The highest BCUT2D eigenvalue weighted by Gasteiger charge is 2.12. The molecule has 1 saturated heterocycles.